The van der Waals surface area contributed by atoms with Gasteiger partial charge in [-0.25, -0.2) is 0 Å². The molecular weight excluding hydrogens is 160 g/mol. The first-order valence-electron chi connectivity index (χ1n) is 3.85. The number of carbonyl (C=O) groups is 1. The third-order valence-electron chi connectivity index (χ3n) is 1.11. The number of carbonyl (C=O) groups excluding carboxylic acids is 1. The largest absolute Gasteiger partial charge is 0.356 e. The van der Waals surface area contributed by atoms with Crippen molar-refractivity contribution in [1.29, 1.82) is 0 Å². The van der Waals surface area contributed by atoms with Crippen LogP contribution in [0.3, 0.4) is 0 Å². The number of amides is 1. The smallest absolute Gasteiger partial charge is 0.220 e. The molecule has 11 heavy (non-hydrogen) atoms. The van der Waals surface area contributed by atoms with Crippen molar-refractivity contribution in [1.82, 2.24) is 5.32 Å². The molecule has 0 aliphatic heterocycles. The van der Waals surface area contributed by atoms with Crippen molar-refractivity contribution in [2.24, 2.45) is 5.73 Å². The van der Waals surface area contributed by atoms with E-state index >= 15 is 0 Å². The van der Waals surface area contributed by atoms with E-state index in [2.05, 4.69) is 5.32 Å². The van der Waals surface area contributed by atoms with Crippen LogP contribution < -0.4 is 11.1 Å². The van der Waals surface area contributed by atoms with Gasteiger partial charge in [0.25, 0.3) is 0 Å². The lowest BCUT2D eigenvalue weighted by Crippen LogP contribution is -2.22. The lowest BCUT2D eigenvalue weighted by molar-refractivity contribution is -0.120. The Morgan fingerprint density at radius 3 is 2.82 bits per heavy atom. The molecule has 0 saturated carbocycles. The van der Waals surface area contributed by atoms with E-state index in [1.807, 2.05) is 6.92 Å². The summed E-state index contributed by atoms with van der Waals surface area (Å²) in [6.07, 6.45) is 0.610. The van der Waals surface area contributed by atoms with Gasteiger partial charge in [-0.05, 0) is 6.92 Å². The molecule has 0 atom stereocenters. The highest BCUT2D eigenvalue weighted by Gasteiger charge is 1.97. The fourth-order valence-electron chi connectivity index (χ4n) is 0.636. The van der Waals surface area contributed by atoms with Crippen LogP contribution in [-0.4, -0.2) is 30.5 Å². The maximum atomic E-state index is 10.9. The zero-order chi connectivity index (χ0) is 8.53. The van der Waals surface area contributed by atoms with Gasteiger partial charge in [-0.1, -0.05) is 0 Å². The summed E-state index contributed by atoms with van der Waals surface area (Å²) in [5.41, 5.74) is 5.28. The molecule has 4 heteroatoms. The first kappa shape index (κ1) is 10.8. The average molecular weight is 176 g/mol. The number of nitrogens with two attached hydrogens (primary N) is 1. The van der Waals surface area contributed by atoms with Crippen LogP contribution in [0.5, 0.6) is 0 Å². The molecule has 0 saturated heterocycles. The SMILES string of the molecule is CCNC(=O)CCSCCN. The quantitative estimate of drug-likeness (QED) is 0.569. The van der Waals surface area contributed by atoms with E-state index < -0.39 is 0 Å². The van der Waals surface area contributed by atoms with Crippen LogP contribution in [0.25, 0.3) is 0 Å². The molecule has 0 spiro atoms. The van der Waals surface area contributed by atoms with Gasteiger partial charge in [-0.15, -0.1) is 0 Å². The first-order chi connectivity index (χ1) is 5.31. The first-order valence-corrected chi connectivity index (χ1v) is 5.01. The van der Waals surface area contributed by atoms with Crippen molar-refractivity contribution >= 4 is 17.7 Å². The second-order valence-corrected chi connectivity index (χ2v) is 3.33. The van der Waals surface area contributed by atoms with E-state index in [1.165, 1.54) is 0 Å². The highest BCUT2D eigenvalue weighted by molar-refractivity contribution is 7.99. The lowest BCUT2D eigenvalue weighted by Gasteiger charge is -2.00. The van der Waals surface area contributed by atoms with Gasteiger partial charge < -0.3 is 11.1 Å². The van der Waals surface area contributed by atoms with Gasteiger partial charge in [-0.2, -0.15) is 11.8 Å². The Bertz CT molecular complexity index is 109. The van der Waals surface area contributed by atoms with Crippen LogP contribution >= 0.6 is 11.8 Å². The van der Waals surface area contributed by atoms with Crippen molar-refractivity contribution in [3.63, 3.8) is 0 Å². The zero-order valence-electron chi connectivity index (χ0n) is 6.93. The van der Waals surface area contributed by atoms with Crippen molar-refractivity contribution in [2.45, 2.75) is 13.3 Å². The fourth-order valence-corrected chi connectivity index (χ4v) is 1.34. The van der Waals surface area contributed by atoms with Crippen LogP contribution in [0.15, 0.2) is 0 Å². The lowest BCUT2D eigenvalue weighted by atomic mass is 10.4. The van der Waals surface area contributed by atoms with Gasteiger partial charge in [0.1, 0.15) is 0 Å². The Kier molecular flexibility index (Phi) is 7.72. The van der Waals surface area contributed by atoms with Crippen molar-refractivity contribution in [3.8, 4) is 0 Å². The van der Waals surface area contributed by atoms with Crippen LogP contribution in [0, 0.1) is 0 Å². The summed E-state index contributed by atoms with van der Waals surface area (Å²) in [4.78, 5) is 10.9. The third-order valence-corrected chi connectivity index (χ3v) is 2.13. The number of hydrogen-bond donors (Lipinski definition) is 2. The van der Waals surface area contributed by atoms with Crippen molar-refractivity contribution in [3.05, 3.63) is 0 Å². The third kappa shape index (κ3) is 7.68. The van der Waals surface area contributed by atoms with Crippen molar-refractivity contribution < 1.29 is 4.79 Å². The molecule has 0 fully saturated rings. The van der Waals surface area contributed by atoms with Gasteiger partial charge in [-0.3, -0.25) is 4.79 Å². The predicted molar refractivity (Wildman–Crippen MR) is 49.7 cm³/mol. The molecule has 66 valence electrons. The minimum atomic E-state index is 0.136. The van der Waals surface area contributed by atoms with Crippen LogP contribution in [0.4, 0.5) is 0 Å². The number of thioether (sulfide) groups is 1. The van der Waals surface area contributed by atoms with Crippen LogP contribution in [0.1, 0.15) is 13.3 Å². The maximum absolute atomic E-state index is 10.9. The Hall–Kier alpha value is -0.220. The summed E-state index contributed by atoms with van der Waals surface area (Å²) in [7, 11) is 0. The molecule has 0 bridgehead atoms. The Labute approximate surface area is 72.1 Å². The summed E-state index contributed by atoms with van der Waals surface area (Å²) in [6, 6.07) is 0. The molecule has 0 aliphatic rings. The summed E-state index contributed by atoms with van der Waals surface area (Å²) >= 11 is 1.72. The predicted octanol–water partition coefficient (Wildman–Crippen LogP) is 0.205. The van der Waals surface area contributed by atoms with E-state index in [1.54, 1.807) is 11.8 Å². The number of nitrogens with one attached hydrogen (secondary N) is 1. The molecule has 1 amide bonds. The molecule has 0 heterocycles. The normalized spacial score (nSPS) is 9.64. The summed E-state index contributed by atoms with van der Waals surface area (Å²) in [5, 5.41) is 2.74. The van der Waals surface area contributed by atoms with E-state index in [4.69, 9.17) is 5.73 Å². The molecule has 3 nitrogen and oxygen atoms in total. The monoisotopic (exact) mass is 176 g/mol. The minimum absolute atomic E-state index is 0.136. The van der Waals surface area contributed by atoms with Gasteiger partial charge in [0.15, 0.2) is 0 Å². The maximum Gasteiger partial charge on any atom is 0.220 e. The topological polar surface area (TPSA) is 55.1 Å². The second kappa shape index (κ2) is 7.88. The summed E-state index contributed by atoms with van der Waals surface area (Å²) < 4.78 is 0. The highest BCUT2D eigenvalue weighted by atomic mass is 32.2. The second-order valence-electron chi connectivity index (χ2n) is 2.10. The van der Waals surface area contributed by atoms with E-state index in [0.717, 1.165) is 18.1 Å². The number of rotatable bonds is 6. The van der Waals surface area contributed by atoms with E-state index in [-0.39, 0.29) is 5.91 Å². The number of hydrogen-bond acceptors (Lipinski definition) is 3. The molecule has 0 aromatic rings. The van der Waals surface area contributed by atoms with E-state index in [0.29, 0.717) is 13.0 Å². The zero-order valence-corrected chi connectivity index (χ0v) is 7.75. The Balaban J connectivity index is 3.04. The van der Waals surface area contributed by atoms with Crippen molar-refractivity contribution in [2.75, 3.05) is 24.6 Å². The molecule has 0 aromatic heterocycles. The molecule has 0 unspecified atom stereocenters. The molecule has 0 aromatic carbocycles. The minimum Gasteiger partial charge on any atom is -0.356 e. The van der Waals surface area contributed by atoms with Gasteiger partial charge in [0.05, 0.1) is 0 Å². The average Bonchev–Trinajstić information content (AvgIpc) is 1.99. The molecule has 0 rings (SSSR count). The molecule has 0 radical (unpaired) electrons. The van der Waals surface area contributed by atoms with Crippen LogP contribution in [0.2, 0.25) is 0 Å². The fraction of sp³-hybridized carbons (Fsp3) is 0.857. The molecule has 3 N–H and O–H groups in total. The summed E-state index contributed by atoms with van der Waals surface area (Å²) in [5.74, 6) is 1.96. The van der Waals surface area contributed by atoms with Gasteiger partial charge in [0.2, 0.25) is 5.91 Å². The van der Waals surface area contributed by atoms with E-state index in [9.17, 15) is 4.79 Å². The van der Waals surface area contributed by atoms with Gasteiger partial charge in [0, 0.05) is 31.0 Å². The van der Waals surface area contributed by atoms with Crippen LogP contribution in [-0.2, 0) is 4.79 Å². The molecule has 0 aliphatic carbocycles. The highest BCUT2D eigenvalue weighted by Crippen LogP contribution is 1.99. The molecular formula is C7H16N2OS. The van der Waals surface area contributed by atoms with Gasteiger partial charge >= 0.3 is 0 Å². The standard InChI is InChI=1S/C7H16N2OS/c1-2-9-7(10)3-5-11-6-4-8/h2-6,8H2,1H3,(H,9,10). The summed E-state index contributed by atoms with van der Waals surface area (Å²) in [6.45, 7) is 3.34. The Morgan fingerprint density at radius 1 is 1.55 bits per heavy atom. The Morgan fingerprint density at radius 2 is 2.27 bits per heavy atom.